The highest BCUT2D eigenvalue weighted by Crippen LogP contribution is 2.27. The monoisotopic (exact) mass is 522 g/mol. The Morgan fingerprint density at radius 3 is 2.47 bits per heavy atom. The molecule has 1 aromatic carbocycles. The quantitative estimate of drug-likeness (QED) is 0.482. The number of halogens is 2. The summed E-state index contributed by atoms with van der Waals surface area (Å²) in [5, 5.41) is 12.5. The van der Waals surface area contributed by atoms with Crippen molar-refractivity contribution < 1.29 is 9.59 Å². The summed E-state index contributed by atoms with van der Waals surface area (Å²) in [5.41, 5.74) is 2.32. The van der Waals surface area contributed by atoms with Gasteiger partial charge in [-0.1, -0.05) is 24.4 Å². The van der Waals surface area contributed by atoms with E-state index in [1.807, 2.05) is 26.2 Å². The van der Waals surface area contributed by atoms with Crippen LogP contribution in [0.15, 0.2) is 24.3 Å². The van der Waals surface area contributed by atoms with Crippen molar-refractivity contribution in [2.75, 3.05) is 14.1 Å². The van der Waals surface area contributed by atoms with Crippen LogP contribution in [0, 0.1) is 0 Å². The van der Waals surface area contributed by atoms with Gasteiger partial charge in [0.05, 0.1) is 12.2 Å². The Bertz CT molecular complexity index is 1180. The number of nitrogens with one attached hydrogen (secondary N) is 3. The minimum atomic E-state index is -0.177. The van der Waals surface area contributed by atoms with Gasteiger partial charge in [0, 0.05) is 53.5 Å². The van der Waals surface area contributed by atoms with Gasteiger partial charge in [0.25, 0.3) is 11.8 Å². The van der Waals surface area contributed by atoms with Crippen molar-refractivity contribution in [3.05, 3.63) is 50.6 Å². The molecule has 0 spiro atoms. The van der Waals surface area contributed by atoms with Crippen molar-refractivity contribution in [3.8, 4) is 0 Å². The number of carbonyl (C=O) groups is 2. The number of aromatic nitrogens is 2. The average Bonchev–Trinajstić information content (AvgIpc) is 3.39. The summed E-state index contributed by atoms with van der Waals surface area (Å²) in [7, 11) is 4.04. The number of nitrogens with zero attached hydrogens (tertiary/aromatic N) is 3. The third-order valence-corrected chi connectivity index (χ3v) is 7.85. The van der Waals surface area contributed by atoms with Crippen LogP contribution in [0.1, 0.15) is 56.5 Å². The van der Waals surface area contributed by atoms with Crippen LogP contribution in [0.3, 0.4) is 0 Å². The van der Waals surface area contributed by atoms with E-state index in [9.17, 15) is 9.59 Å². The van der Waals surface area contributed by atoms with Crippen molar-refractivity contribution in [2.45, 2.75) is 50.9 Å². The van der Waals surface area contributed by atoms with E-state index in [1.54, 1.807) is 12.1 Å². The number of hydrazine groups is 1. The summed E-state index contributed by atoms with van der Waals surface area (Å²) in [5.74, 6) is -0.338. The minimum absolute atomic E-state index is 0. The molecule has 3 N–H and O–H groups in total. The first-order valence-electron chi connectivity index (χ1n) is 11.2. The van der Waals surface area contributed by atoms with E-state index >= 15 is 0 Å². The highest BCUT2D eigenvalue weighted by Gasteiger charge is 2.31. The number of H-pyrrole nitrogens is 1. The highest BCUT2D eigenvalue weighted by atomic mass is 35.5. The molecule has 0 unspecified atom stereocenters. The molecule has 34 heavy (non-hydrogen) atoms. The molecule has 182 valence electrons. The lowest BCUT2D eigenvalue weighted by molar-refractivity contribution is -0.00171. The van der Waals surface area contributed by atoms with E-state index in [2.05, 4.69) is 30.6 Å². The van der Waals surface area contributed by atoms with E-state index in [0.717, 1.165) is 53.7 Å². The van der Waals surface area contributed by atoms with Gasteiger partial charge < -0.3 is 15.6 Å². The molecular weight excluding hydrogens is 495 g/mol. The van der Waals surface area contributed by atoms with Gasteiger partial charge in [-0.3, -0.25) is 9.59 Å². The maximum absolute atomic E-state index is 13.0. The largest absolute Gasteiger partial charge is 0.351 e. The zero-order valence-corrected chi connectivity index (χ0v) is 21.4. The molecule has 0 saturated heterocycles. The van der Waals surface area contributed by atoms with Crippen LogP contribution in [0.2, 0.25) is 5.02 Å². The van der Waals surface area contributed by atoms with Crippen LogP contribution < -0.4 is 10.6 Å². The first-order chi connectivity index (χ1) is 15.9. The number of benzene rings is 1. The number of aromatic amines is 1. The number of carbonyl (C=O) groups excluding carboxylic acids is 2. The van der Waals surface area contributed by atoms with Crippen molar-refractivity contribution in [3.63, 3.8) is 0 Å². The molecule has 2 aliphatic rings. The van der Waals surface area contributed by atoms with Crippen LogP contribution in [0.4, 0.5) is 0 Å². The Kier molecular flexibility index (Phi) is 7.49. The second-order valence-electron chi connectivity index (χ2n) is 8.88. The Labute approximate surface area is 213 Å². The fourth-order valence-electron chi connectivity index (χ4n) is 4.57. The molecule has 2 amide bonds. The van der Waals surface area contributed by atoms with E-state index in [1.165, 1.54) is 11.3 Å². The standard InChI is InChI=1S/C23H27ClN6O2S.ClH/c1-29-11-19-20(12-30(29)2)33-23(28-19)22(32)27-17-6-4-3-5-16(17)26-21(31)18-10-13-9-14(24)7-8-15(13)25-18;/h7-10,16-17,25H,3-6,11-12H2,1-2H3,(H,26,31)(H,27,32);1H/t16-,17-;/m0./s1. The van der Waals surface area contributed by atoms with Crippen LogP contribution >= 0.6 is 35.3 Å². The predicted molar refractivity (Wildman–Crippen MR) is 137 cm³/mol. The Balaban J connectivity index is 0.00000274. The smallest absolute Gasteiger partial charge is 0.280 e. The number of fused-ring (bicyclic) bond motifs is 2. The van der Waals surface area contributed by atoms with Gasteiger partial charge in [0.2, 0.25) is 0 Å². The van der Waals surface area contributed by atoms with Crippen LogP contribution in [0.25, 0.3) is 10.9 Å². The summed E-state index contributed by atoms with van der Waals surface area (Å²) in [6, 6.07) is 7.04. The van der Waals surface area contributed by atoms with Gasteiger partial charge in [0.15, 0.2) is 5.01 Å². The number of rotatable bonds is 4. The predicted octanol–water partition coefficient (Wildman–Crippen LogP) is 3.96. The molecule has 1 aliphatic heterocycles. The van der Waals surface area contributed by atoms with Crippen molar-refractivity contribution >= 4 is 58.1 Å². The van der Waals surface area contributed by atoms with Crippen LogP contribution in [0.5, 0.6) is 0 Å². The minimum Gasteiger partial charge on any atom is -0.351 e. The molecule has 0 radical (unpaired) electrons. The lowest BCUT2D eigenvalue weighted by Crippen LogP contribution is -2.53. The molecule has 5 rings (SSSR count). The van der Waals surface area contributed by atoms with Crippen molar-refractivity contribution in [1.82, 2.24) is 30.6 Å². The third-order valence-electron chi connectivity index (χ3n) is 6.53. The van der Waals surface area contributed by atoms with Gasteiger partial charge in [-0.05, 0) is 37.1 Å². The van der Waals surface area contributed by atoms with Crippen LogP contribution in [-0.2, 0) is 13.1 Å². The maximum atomic E-state index is 13.0. The molecule has 11 heteroatoms. The maximum Gasteiger partial charge on any atom is 0.280 e. The molecular formula is C23H28Cl2N6O2S. The SMILES string of the molecule is CN1Cc2nc(C(=O)N[C@H]3CCCC[C@@H]3NC(=O)c3cc4cc(Cl)ccc4[nH]3)sc2CN1C.Cl. The van der Waals surface area contributed by atoms with Crippen LogP contribution in [-0.4, -0.2) is 58.0 Å². The summed E-state index contributed by atoms with van der Waals surface area (Å²) < 4.78 is 0. The number of hydrogen-bond donors (Lipinski definition) is 3. The van der Waals surface area contributed by atoms with Crippen molar-refractivity contribution in [2.24, 2.45) is 0 Å². The Morgan fingerprint density at radius 1 is 1.06 bits per heavy atom. The zero-order valence-electron chi connectivity index (χ0n) is 19.1. The molecule has 2 atom stereocenters. The van der Waals surface area contributed by atoms with Gasteiger partial charge in [0.1, 0.15) is 5.69 Å². The van der Waals surface area contributed by atoms with Gasteiger partial charge in [-0.25, -0.2) is 15.0 Å². The molecule has 1 saturated carbocycles. The molecule has 3 aromatic rings. The van der Waals surface area contributed by atoms with Crippen molar-refractivity contribution in [1.29, 1.82) is 0 Å². The Hall–Kier alpha value is -2.17. The summed E-state index contributed by atoms with van der Waals surface area (Å²) in [4.78, 5) is 34.9. The lowest BCUT2D eigenvalue weighted by atomic mass is 9.90. The molecule has 3 heterocycles. The van der Waals surface area contributed by atoms with Gasteiger partial charge >= 0.3 is 0 Å². The van der Waals surface area contributed by atoms with Gasteiger partial charge in [-0.15, -0.1) is 23.7 Å². The number of thiazole rings is 1. The topological polar surface area (TPSA) is 93.4 Å². The summed E-state index contributed by atoms with van der Waals surface area (Å²) in [6.45, 7) is 1.46. The molecule has 0 bridgehead atoms. The second-order valence-corrected chi connectivity index (χ2v) is 10.4. The number of amides is 2. The fourth-order valence-corrected chi connectivity index (χ4v) is 5.77. The zero-order chi connectivity index (χ0) is 23.1. The van der Waals surface area contributed by atoms with E-state index in [0.29, 0.717) is 22.3 Å². The lowest BCUT2D eigenvalue weighted by Gasteiger charge is -2.32. The highest BCUT2D eigenvalue weighted by molar-refractivity contribution is 7.13. The molecule has 1 fully saturated rings. The van der Waals surface area contributed by atoms with E-state index < -0.39 is 0 Å². The molecule has 8 nitrogen and oxygen atoms in total. The second kappa shape index (κ2) is 10.2. The third kappa shape index (κ3) is 5.08. The fraction of sp³-hybridized carbons (Fsp3) is 0.435. The number of hydrogen-bond acceptors (Lipinski definition) is 6. The van der Waals surface area contributed by atoms with E-state index in [4.69, 9.17) is 11.6 Å². The van der Waals surface area contributed by atoms with E-state index in [-0.39, 0.29) is 36.3 Å². The Morgan fingerprint density at radius 2 is 1.74 bits per heavy atom. The first kappa shape index (κ1) is 24.9. The molecule has 1 aliphatic carbocycles. The van der Waals surface area contributed by atoms with Gasteiger partial charge in [-0.2, -0.15) is 0 Å². The average molecular weight is 523 g/mol. The summed E-state index contributed by atoms with van der Waals surface area (Å²) >= 11 is 7.52. The summed E-state index contributed by atoms with van der Waals surface area (Å²) in [6.07, 6.45) is 3.69. The normalized spacial score (nSPS) is 21.0. The molecule has 2 aromatic heterocycles. The first-order valence-corrected chi connectivity index (χ1v) is 12.4.